The first kappa shape index (κ1) is 17.7. The summed E-state index contributed by atoms with van der Waals surface area (Å²) in [5.74, 6) is 2.77. The highest BCUT2D eigenvalue weighted by Crippen LogP contribution is 2.69. The SMILES string of the molecule is CC(=O)[C@@]1(O)C(C)C[C@H]2[C@@H]3CCC4CC(=O)CC[C@]4(C)[C@H]3CC[C@@]21C. The molecule has 4 rings (SSSR count). The van der Waals surface area contributed by atoms with Crippen LogP contribution in [0.2, 0.25) is 0 Å². The van der Waals surface area contributed by atoms with Crippen LogP contribution >= 0.6 is 0 Å². The lowest BCUT2D eigenvalue weighted by atomic mass is 9.44. The van der Waals surface area contributed by atoms with Crippen LogP contribution in [0.5, 0.6) is 0 Å². The number of ketones is 2. The van der Waals surface area contributed by atoms with Crippen molar-refractivity contribution in [1.29, 1.82) is 0 Å². The summed E-state index contributed by atoms with van der Waals surface area (Å²) in [6.07, 6.45) is 7.97. The van der Waals surface area contributed by atoms with Crippen molar-refractivity contribution in [1.82, 2.24) is 0 Å². The summed E-state index contributed by atoms with van der Waals surface area (Å²) in [6.45, 7) is 8.30. The van der Waals surface area contributed by atoms with Gasteiger partial charge in [0, 0.05) is 18.3 Å². The van der Waals surface area contributed by atoms with E-state index >= 15 is 0 Å². The van der Waals surface area contributed by atoms with Gasteiger partial charge in [0.25, 0.3) is 0 Å². The molecule has 0 saturated heterocycles. The molecule has 1 N–H and O–H groups in total. The van der Waals surface area contributed by atoms with Crippen LogP contribution in [0.1, 0.15) is 79.1 Å². The van der Waals surface area contributed by atoms with Crippen LogP contribution in [0, 0.1) is 40.4 Å². The van der Waals surface area contributed by atoms with E-state index in [-0.39, 0.29) is 17.1 Å². The normalized spacial score (nSPS) is 55.2. The molecule has 0 aromatic carbocycles. The summed E-state index contributed by atoms with van der Waals surface area (Å²) in [5.41, 5.74) is -1.13. The third-order valence-corrected chi connectivity index (χ3v) is 9.60. The molecule has 25 heavy (non-hydrogen) atoms. The van der Waals surface area contributed by atoms with E-state index in [1.54, 1.807) is 6.92 Å². The summed E-state index contributed by atoms with van der Waals surface area (Å²) >= 11 is 0. The van der Waals surface area contributed by atoms with E-state index in [1.165, 1.54) is 6.42 Å². The molecule has 4 aliphatic rings. The fourth-order valence-corrected chi connectivity index (χ4v) is 8.14. The van der Waals surface area contributed by atoms with E-state index in [4.69, 9.17) is 0 Å². The molecule has 0 amide bonds. The first-order chi connectivity index (χ1) is 11.6. The number of hydrogen-bond acceptors (Lipinski definition) is 3. The summed E-state index contributed by atoms with van der Waals surface area (Å²) in [6, 6.07) is 0. The molecule has 3 heteroatoms. The number of hydrogen-bond donors (Lipinski definition) is 1. The number of carbonyl (C=O) groups is 2. The van der Waals surface area contributed by atoms with Gasteiger partial charge in [0.15, 0.2) is 5.78 Å². The Kier molecular flexibility index (Phi) is 3.83. The van der Waals surface area contributed by atoms with Crippen LogP contribution in [0.15, 0.2) is 0 Å². The molecule has 4 saturated carbocycles. The predicted molar refractivity (Wildman–Crippen MR) is 96.9 cm³/mol. The Hall–Kier alpha value is -0.700. The zero-order valence-corrected chi connectivity index (χ0v) is 16.3. The highest BCUT2D eigenvalue weighted by atomic mass is 16.3. The van der Waals surface area contributed by atoms with Crippen molar-refractivity contribution in [2.75, 3.05) is 0 Å². The van der Waals surface area contributed by atoms with E-state index < -0.39 is 5.60 Å². The Balaban J connectivity index is 1.68. The van der Waals surface area contributed by atoms with E-state index in [0.717, 1.165) is 44.9 Å². The maximum absolute atomic E-state index is 12.4. The summed E-state index contributed by atoms with van der Waals surface area (Å²) in [5, 5.41) is 11.4. The van der Waals surface area contributed by atoms with Gasteiger partial charge in [-0.3, -0.25) is 9.59 Å². The monoisotopic (exact) mass is 346 g/mol. The maximum Gasteiger partial charge on any atom is 0.162 e. The molecule has 0 aliphatic heterocycles. The highest BCUT2D eigenvalue weighted by molar-refractivity contribution is 5.86. The smallest absolute Gasteiger partial charge is 0.162 e. The largest absolute Gasteiger partial charge is 0.381 e. The van der Waals surface area contributed by atoms with Gasteiger partial charge in [-0.25, -0.2) is 0 Å². The molecule has 140 valence electrons. The van der Waals surface area contributed by atoms with E-state index in [9.17, 15) is 14.7 Å². The number of fused-ring (bicyclic) bond motifs is 5. The van der Waals surface area contributed by atoms with Gasteiger partial charge < -0.3 is 5.11 Å². The van der Waals surface area contributed by atoms with Crippen molar-refractivity contribution in [2.24, 2.45) is 40.4 Å². The molecular weight excluding hydrogens is 312 g/mol. The first-order valence-corrected chi connectivity index (χ1v) is 10.4. The molecule has 0 aromatic heterocycles. The number of rotatable bonds is 1. The molecule has 3 nitrogen and oxygen atoms in total. The van der Waals surface area contributed by atoms with Gasteiger partial charge in [0.1, 0.15) is 11.4 Å². The maximum atomic E-state index is 12.4. The van der Waals surface area contributed by atoms with E-state index in [0.29, 0.717) is 34.9 Å². The predicted octanol–water partition coefficient (Wildman–Crippen LogP) is 4.16. The van der Waals surface area contributed by atoms with Crippen LogP contribution < -0.4 is 0 Å². The third-order valence-electron chi connectivity index (χ3n) is 9.60. The molecule has 0 heterocycles. The Morgan fingerprint density at radius 3 is 2.52 bits per heavy atom. The number of Topliss-reactive ketones (excluding diaryl/α,β-unsaturated/α-hetero) is 2. The quantitative estimate of drug-likeness (QED) is 0.775. The van der Waals surface area contributed by atoms with Crippen LogP contribution in [-0.4, -0.2) is 22.3 Å². The van der Waals surface area contributed by atoms with Crippen molar-refractivity contribution in [2.45, 2.75) is 84.7 Å². The van der Waals surface area contributed by atoms with E-state index in [1.807, 2.05) is 0 Å². The molecule has 0 radical (unpaired) electrons. The minimum absolute atomic E-state index is 0.0355. The third kappa shape index (κ3) is 2.08. The zero-order valence-electron chi connectivity index (χ0n) is 16.3. The van der Waals surface area contributed by atoms with Crippen LogP contribution in [-0.2, 0) is 9.59 Å². The van der Waals surface area contributed by atoms with Gasteiger partial charge in [0.05, 0.1) is 0 Å². The highest BCUT2D eigenvalue weighted by Gasteiger charge is 2.68. The van der Waals surface area contributed by atoms with Crippen LogP contribution in [0.25, 0.3) is 0 Å². The van der Waals surface area contributed by atoms with Crippen molar-refractivity contribution in [3.63, 3.8) is 0 Å². The molecule has 4 fully saturated rings. The van der Waals surface area contributed by atoms with Gasteiger partial charge in [0.2, 0.25) is 0 Å². The molecule has 0 aromatic rings. The molecule has 0 spiro atoms. The van der Waals surface area contributed by atoms with Gasteiger partial charge >= 0.3 is 0 Å². The Labute approximate surface area is 151 Å². The van der Waals surface area contributed by atoms with Crippen molar-refractivity contribution in [3.8, 4) is 0 Å². The number of carbonyl (C=O) groups excluding carboxylic acids is 2. The lowest BCUT2D eigenvalue weighted by Gasteiger charge is -2.60. The zero-order chi connectivity index (χ0) is 18.2. The molecule has 8 atom stereocenters. The Morgan fingerprint density at radius 1 is 1.12 bits per heavy atom. The van der Waals surface area contributed by atoms with Crippen LogP contribution in [0.4, 0.5) is 0 Å². The fourth-order valence-electron chi connectivity index (χ4n) is 8.14. The second-order valence-corrected chi connectivity index (χ2v) is 10.3. The number of aliphatic hydroxyl groups is 1. The molecule has 0 bridgehead atoms. The molecular formula is C22H34O3. The molecule has 4 aliphatic carbocycles. The van der Waals surface area contributed by atoms with Gasteiger partial charge in [-0.05, 0) is 80.5 Å². The second kappa shape index (κ2) is 5.41. The topological polar surface area (TPSA) is 54.4 Å². The van der Waals surface area contributed by atoms with Gasteiger partial charge in [-0.2, -0.15) is 0 Å². The van der Waals surface area contributed by atoms with Crippen molar-refractivity contribution in [3.05, 3.63) is 0 Å². The standard InChI is InChI=1S/C22H34O3/c1-13-11-19-17-6-5-15-12-16(24)7-9-20(15,3)18(17)8-10-21(19,4)22(13,25)14(2)23/h13,15,17-19,25H,5-12H2,1-4H3/t13?,15?,17-,18+,19+,20+,21+,22+/m1/s1. The average molecular weight is 347 g/mol. The van der Waals surface area contributed by atoms with Gasteiger partial charge in [-0.1, -0.05) is 20.8 Å². The fraction of sp³-hybridized carbons (Fsp3) is 0.909. The van der Waals surface area contributed by atoms with E-state index in [2.05, 4.69) is 20.8 Å². The lowest BCUT2D eigenvalue weighted by molar-refractivity contribution is -0.173. The van der Waals surface area contributed by atoms with Crippen molar-refractivity contribution >= 4 is 11.6 Å². The van der Waals surface area contributed by atoms with Crippen LogP contribution in [0.3, 0.4) is 0 Å². The minimum Gasteiger partial charge on any atom is -0.381 e. The summed E-state index contributed by atoms with van der Waals surface area (Å²) in [7, 11) is 0. The first-order valence-electron chi connectivity index (χ1n) is 10.4. The Bertz CT molecular complexity index is 612. The second-order valence-electron chi connectivity index (χ2n) is 10.3. The Morgan fingerprint density at radius 2 is 1.84 bits per heavy atom. The van der Waals surface area contributed by atoms with Crippen molar-refractivity contribution < 1.29 is 14.7 Å². The lowest BCUT2D eigenvalue weighted by Crippen LogP contribution is -2.59. The summed E-state index contributed by atoms with van der Waals surface area (Å²) in [4.78, 5) is 24.4. The molecule has 2 unspecified atom stereocenters. The average Bonchev–Trinajstić information content (AvgIpc) is 2.77. The summed E-state index contributed by atoms with van der Waals surface area (Å²) < 4.78 is 0. The minimum atomic E-state index is -1.15. The van der Waals surface area contributed by atoms with Gasteiger partial charge in [-0.15, -0.1) is 0 Å².